The number of nitrogens with zero attached hydrogens (tertiary/aromatic N) is 3. The van der Waals surface area contributed by atoms with Crippen molar-refractivity contribution in [3.8, 4) is 17.1 Å². The number of ether oxygens (including phenoxy) is 1. The number of benzene rings is 2. The summed E-state index contributed by atoms with van der Waals surface area (Å²) < 4.78 is 7.48. The number of carbonyl (C=O) groups is 1. The Kier molecular flexibility index (Phi) is 7.15. The van der Waals surface area contributed by atoms with Gasteiger partial charge in [0.15, 0.2) is 11.0 Å². The highest BCUT2D eigenvalue weighted by Gasteiger charge is 2.22. The number of thioether (sulfide) groups is 1. The van der Waals surface area contributed by atoms with Crippen molar-refractivity contribution in [1.29, 1.82) is 0 Å². The number of aromatic nitrogens is 3. The molecule has 2 aromatic carbocycles. The molecule has 0 radical (unpaired) electrons. The normalized spacial score (nSPS) is 12.1. The molecule has 1 heterocycles. The lowest BCUT2D eigenvalue weighted by atomic mass is 10.0. The van der Waals surface area contributed by atoms with E-state index in [1.54, 1.807) is 7.11 Å². The molecule has 0 aliphatic carbocycles. The molecule has 1 atom stereocenters. The molecular formula is C23H28N4O2S. The van der Waals surface area contributed by atoms with Crippen LogP contribution in [0.3, 0.4) is 0 Å². The van der Waals surface area contributed by atoms with Gasteiger partial charge in [-0.15, -0.1) is 10.2 Å². The lowest BCUT2D eigenvalue weighted by Gasteiger charge is -2.16. The largest absolute Gasteiger partial charge is 0.496 e. The van der Waals surface area contributed by atoms with Crippen molar-refractivity contribution >= 4 is 23.4 Å². The molecule has 0 spiro atoms. The fraction of sp³-hybridized carbons (Fsp3) is 0.348. The highest BCUT2D eigenvalue weighted by Crippen LogP contribution is 2.32. The molecule has 3 aromatic rings. The van der Waals surface area contributed by atoms with Crippen LogP contribution in [0.4, 0.5) is 5.69 Å². The number of amides is 1. The number of carbonyl (C=O) groups excluding carboxylic acids is 1. The molecule has 158 valence electrons. The maximum atomic E-state index is 12.9. The Balaban J connectivity index is 1.80. The van der Waals surface area contributed by atoms with Crippen LogP contribution in [0.1, 0.15) is 39.2 Å². The number of nitrogens with one attached hydrogen (secondary N) is 1. The van der Waals surface area contributed by atoms with Crippen LogP contribution in [0.25, 0.3) is 11.4 Å². The minimum absolute atomic E-state index is 0.0578. The molecule has 7 heteroatoms. The van der Waals surface area contributed by atoms with Crippen molar-refractivity contribution in [2.45, 2.75) is 50.6 Å². The average Bonchev–Trinajstić information content (AvgIpc) is 3.16. The van der Waals surface area contributed by atoms with Crippen LogP contribution in [-0.2, 0) is 11.3 Å². The van der Waals surface area contributed by atoms with Gasteiger partial charge in [-0.1, -0.05) is 55.9 Å². The van der Waals surface area contributed by atoms with E-state index in [1.807, 2.05) is 66.9 Å². The minimum Gasteiger partial charge on any atom is -0.496 e. The summed E-state index contributed by atoms with van der Waals surface area (Å²) in [4.78, 5) is 12.9. The summed E-state index contributed by atoms with van der Waals surface area (Å²) in [6.45, 7) is 8.84. The summed E-state index contributed by atoms with van der Waals surface area (Å²) in [6.07, 6.45) is 0. The zero-order chi connectivity index (χ0) is 21.7. The van der Waals surface area contributed by atoms with Crippen molar-refractivity contribution in [3.05, 3.63) is 54.1 Å². The first-order valence-electron chi connectivity index (χ1n) is 10.1. The second kappa shape index (κ2) is 9.80. The monoisotopic (exact) mass is 424 g/mol. The van der Waals surface area contributed by atoms with Crippen LogP contribution in [0.2, 0.25) is 0 Å². The van der Waals surface area contributed by atoms with Crippen LogP contribution in [0.15, 0.2) is 53.7 Å². The quantitative estimate of drug-likeness (QED) is 0.502. The van der Waals surface area contributed by atoms with E-state index >= 15 is 0 Å². The second-order valence-electron chi connectivity index (χ2n) is 7.24. The molecule has 30 heavy (non-hydrogen) atoms. The summed E-state index contributed by atoms with van der Waals surface area (Å²) in [6, 6.07) is 15.7. The molecule has 0 aliphatic heterocycles. The topological polar surface area (TPSA) is 69.0 Å². The van der Waals surface area contributed by atoms with Gasteiger partial charge in [0, 0.05) is 12.2 Å². The number of para-hydroxylation sites is 2. The first kappa shape index (κ1) is 21.9. The Labute approximate surface area is 182 Å². The Hall–Kier alpha value is -2.80. The molecule has 0 aliphatic rings. The Morgan fingerprint density at radius 1 is 1.10 bits per heavy atom. The standard InChI is InChI=1S/C23H28N4O2S/c1-6-27-21(18-12-8-10-14-20(18)29-5)25-26-23(27)30-16(4)22(28)24-19-13-9-7-11-17(19)15(2)3/h7-16H,6H2,1-5H3,(H,24,28). The predicted molar refractivity (Wildman–Crippen MR) is 122 cm³/mol. The molecule has 1 amide bonds. The van der Waals surface area contributed by atoms with Gasteiger partial charge in [-0.3, -0.25) is 4.79 Å². The van der Waals surface area contributed by atoms with E-state index in [0.29, 0.717) is 17.6 Å². The molecule has 0 saturated heterocycles. The first-order chi connectivity index (χ1) is 14.5. The molecule has 0 fully saturated rings. The lowest BCUT2D eigenvalue weighted by Crippen LogP contribution is -2.23. The van der Waals surface area contributed by atoms with Crippen molar-refractivity contribution in [2.24, 2.45) is 0 Å². The Morgan fingerprint density at radius 2 is 1.80 bits per heavy atom. The van der Waals surface area contributed by atoms with Crippen molar-refractivity contribution < 1.29 is 9.53 Å². The van der Waals surface area contributed by atoms with E-state index in [-0.39, 0.29) is 11.2 Å². The van der Waals surface area contributed by atoms with Crippen molar-refractivity contribution in [3.63, 3.8) is 0 Å². The van der Waals surface area contributed by atoms with Crippen LogP contribution in [-0.4, -0.2) is 33.0 Å². The number of hydrogen-bond acceptors (Lipinski definition) is 5. The van der Waals surface area contributed by atoms with E-state index in [0.717, 1.165) is 28.4 Å². The lowest BCUT2D eigenvalue weighted by molar-refractivity contribution is -0.115. The fourth-order valence-electron chi connectivity index (χ4n) is 3.25. The van der Waals surface area contributed by atoms with Crippen LogP contribution in [0.5, 0.6) is 5.75 Å². The maximum absolute atomic E-state index is 12.9. The zero-order valence-corrected chi connectivity index (χ0v) is 18.9. The Bertz CT molecular complexity index is 1020. The van der Waals surface area contributed by atoms with E-state index in [4.69, 9.17) is 4.74 Å². The third kappa shape index (κ3) is 4.67. The van der Waals surface area contributed by atoms with Gasteiger partial charge in [0.2, 0.25) is 5.91 Å². The van der Waals surface area contributed by atoms with Crippen molar-refractivity contribution in [2.75, 3.05) is 12.4 Å². The molecule has 1 N–H and O–H groups in total. The van der Waals surface area contributed by atoms with Gasteiger partial charge in [0.1, 0.15) is 5.75 Å². The van der Waals surface area contributed by atoms with Crippen LogP contribution >= 0.6 is 11.8 Å². The third-order valence-corrected chi connectivity index (χ3v) is 5.95. The number of rotatable bonds is 8. The minimum atomic E-state index is -0.328. The number of anilines is 1. The molecule has 6 nitrogen and oxygen atoms in total. The van der Waals surface area contributed by atoms with Gasteiger partial charge in [0.05, 0.1) is 17.9 Å². The summed E-state index contributed by atoms with van der Waals surface area (Å²) in [5.41, 5.74) is 2.86. The van der Waals surface area contributed by atoms with Gasteiger partial charge in [-0.2, -0.15) is 0 Å². The molecule has 0 saturated carbocycles. The van der Waals surface area contributed by atoms with Crippen molar-refractivity contribution in [1.82, 2.24) is 14.8 Å². The number of methoxy groups -OCH3 is 1. The summed E-state index contributed by atoms with van der Waals surface area (Å²) in [5, 5.41) is 12.2. The van der Waals surface area contributed by atoms with Gasteiger partial charge in [-0.25, -0.2) is 0 Å². The molecular weight excluding hydrogens is 396 g/mol. The van der Waals surface area contributed by atoms with Gasteiger partial charge >= 0.3 is 0 Å². The summed E-state index contributed by atoms with van der Waals surface area (Å²) >= 11 is 1.40. The van der Waals surface area contributed by atoms with E-state index in [2.05, 4.69) is 29.4 Å². The van der Waals surface area contributed by atoms with E-state index < -0.39 is 0 Å². The first-order valence-corrected chi connectivity index (χ1v) is 11.0. The van der Waals surface area contributed by atoms with Crippen LogP contribution in [0, 0.1) is 0 Å². The van der Waals surface area contributed by atoms with Gasteiger partial charge in [0.25, 0.3) is 0 Å². The molecule has 1 aromatic heterocycles. The smallest absolute Gasteiger partial charge is 0.237 e. The van der Waals surface area contributed by atoms with Gasteiger partial charge < -0.3 is 14.6 Å². The Morgan fingerprint density at radius 3 is 2.50 bits per heavy atom. The highest BCUT2D eigenvalue weighted by atomic mass is 32.2. The third-order valence-electron chi connectivity index (χ3n) is 4.87. The predicted octanol–water partition coefficient (Wildman–Crippen LogP) is 5.22. The second-order valence-corrected chi connectivity index (χ2v) is 8.55. The molecule has 3 rings (SSSR count). The fourth-order valence-corrected chi connectivity index (χ4v) is 4.16. The summed E-state index contributed by atoms with van der Waals surface area (Å²) in [5.74, 6) is 1.75. The maximum Gasteiger partial charge on any atom is 0.237 e. The van der Waals surface area contributed by atoms with E-state index in [1.165, 1.54) is 11.8 Å². The van der Waals surface area contributed by atoms with E-state index in [9.17, 15) is 4.79 Å². The molecule has 0 bridgehead atoms. The number of hydrogen-bond donors (Lipinski definition) is 1. The molecule has 1 unspecified atom stereocenters. The highest BCUT2D eigenvalue weighted by molar-refractivity contribution is 8.00. The average molecular weight is 425 g/mol. The SMILES string of the molecule is CCn1c(SC(C)C(=O)Nc2ccccc2C(C)C)nnc1-c1ccccc1OC. The zero-order valence-electron chi connectivity index (χ0n) is 18.0. The summed E-state index contributed by atoms with van der Waals surface area (Å²) in [7, 11) is 1.64. The van der Waals surface area contributed by atoms with Crippen LogP contribution < -0.4 is 10.1 Å². The van der Waals surface area contributed by atoms with Gasteiger partial charge in [-0.05, 0) is 43.5 Å².